The van der Waals surface area contributed by atoms with Gasteiger partial charge in [-0.25, -0.2) is 4.79 Å². The molecule has 2 rings (SSSR count). The van der Waals surface area contributed by atoms with Gasteiger partial charge in [0, 0.05) is 19.6 Å². The number of nitrogens with zero attached hydrogens (tertiary/aromatic N) is 3. The first-order valence-corrected chi connectivity index (χ1v) is 9.82. The maximum Gasteiger partial charge on any atom is 0.411 e. The second kappa shape index (κ2) is 8.88. The number of hydrogen-bond acceptors (Lipinski definition) is 4. The molecule has 25 heavy (non-hydrogen) atoms. The topological polar surface area (TPSA) is 53.1 Å². The molecule has 2 amide bonds. The Balaban J connectivity index is 1.84. The lowest BCUT2D eigenvalue weighted by molar-refractivity contribution is -0.141. The summed E-state index contributed by atoms with van der Waals surface area (Å²) in [5.41, 5.74) is -0.538. The molecule has 6 nitrogen and oxygen atoms in total. The molecule has 0 aliphatic carbocycles. The third kappa shape index (κ3) is 5.87. The highest BCUT2D eigenvalue weighted by Gasteiger charge is 2.37. The molecule has 144 valence electrons. The minimum atomic E-state index is -0.538. The number of ether oxygens (including phenoxy) is 1. The van der Waals surface area contributed by atoms with Crippen molar-refractivity contribution >= 4 is 12.0 Å². The number of hydrogen-bond donors (Lipinski definition) is 0. The highest BCUT2D eigenvalue weighted by molar-refractivity contribution is 5.87. The lowest BCUT2D eigenvalue weighted by Crippen LogP contribution is -2.59. The fourth-order valence-electron chi connectivity index (χ4n) is 3.66. The number of piperazine rings is 1. The lowest BCUT2D eigenvalue weighted by atomic mass is 10.1. The third-order valence-electron chi connectivity index (χ3n) is 4.95. The zero-order valence-corrected chi connectivity index (χ0v) is 16.4. The zero-order chi connectivity index (χ0) is 18.4. The average Bonchev–Trinajstić information content (AvgIpc) is 2.55. The van der Waals surface area contributed by atoms with Crippen LogP contribution < -0.4 is 0 Å². The molecular weight excluding hydrogens is 318 g/mol. The Kier molecular flexibility index (Phi) is 7.11. The predicted molar refractivity (Wildman–Crippen MR) is 98.5 cm³/mol. The van der Waals surface area contributed by atoms with E-state index in [1.54, 1.807) is 4.90 Å². The van der Waals surface area contributed by atoms with Gasteiger partial charge in [-0.2, -0.15) is 0 Å². The van der Waals surface area contributed by atoms with Gasteiger partial charge in [-0.15, -0.1) is 0 Å². The van der Waals surface area contributed by atoms with Crippen LogP contribution in [0.4, 0.5) is 4.79 Å². The van der Waals surface area contributed by atoms with E-state index < -0.39 is 11.6 Å². The molecule has 0 spiro atoms. The third-order valence-corrected chi connectivity index (χ3v) is 4.95. The van der Waals surface area contributed by atoms with Crippen LogP contribution in [0.5, 0.6) is 0 Å². The van der Waals surface area contributed by atoms with Crippen molar-refractivity contribution in [1.82, 2.24) is 14.7 Å². The van der Waals surface area contributed by atoms with Crippen molar-refractivity contribution in [2.24, 2.45) is 0 Å². The van der Waals surface area contributed by atoms with Gasteiger partial charge in [0.05, 0.1) is 0 Å². The summed E-state index contributed by atoms with van der Waals surface area (Å²) in [6.07, 6.45) is 5.20. The minimum absolute atomic E-state index is 0.0678. The van der Waals surface area contributed by atoms with Crippen LogP contribution in [0.1, 0.15) is 59.8 Å². The minimum Gasteiger partial charge on any atom is -0.444 e. The van der Waals surface area contributed by atoms with E-state index in [-0.39, 0.29) is 12.0 Å². The van der Waals surface area contributed by atoms with Crippen LogP contribution in [0.3, 0.4) is 0 Å². The fraction of sp³-hybridized carbons (Fsp3) is 0.895. The molecule has 0 N–H and O–H groups in total. The monoisotopic (exact) mass is 353 g/mol. The first-order valence-electron chi connectivity index (χ1n) is 9.82. The van der Waals surface area contributed by atoms with Crippen molar-refractivity contribution in [3.63, 3.8) is 0 Å². The first kappa shape index (κ1) is 20.0. The molecule has 2 aliphatic heterocycles. The van der Waals surface area contributed by atoms with Crippen molar-refractivity contribution in [3.8, 4) is 0 Å². The van der Waals surface area contributed by atoms with E-state index in [0.717, 1.165) is 19.5 Å². The number of likely N-dealkylation sites (tertiary alicyclic amines) is 1. The Morgan fingerprint density at radius 1 is 1.08 bits per heavy atom. The van der Waals surface area contributed by atoms with Gasteiger partial charge in [-0.05, 0) is 66.1 Å². The van der Waals surface area contributed by atoms with Gasteiger partial charge in [0.2, 0.25) is 5.91 Å². The van der Waals surface area contributed by atoms with Gasteiger partial charge >= 0.3 is 6.09 Å². The van der Waals surface area contributed by atoms with Gasteiger partial charge in [-0.3, -0.25) is 9.69 Å². The molecule has 1 atom stereocenters. The Hall–Kier alpha value is -1.30. The normalized spacial score (nSPS) is 23.0. The lowest BCUT2D eigenvalue weighted by Gasteiger charge is -2.41. The number of amides is 2. The molecular formula is C19H35N3O3. The molecule has 2 aliphatic rings. The molecule has 2 fully saturated rings. The summed E-state index contributed by atoms with van der Waals surface area (Å²) < 4.78 is 5.46. The average molecular weight is 354 g/mol. The van der Waals surface area contributed by atoms with Gasteiger partial charge in [0.1, 0.15) is 11.6 Å². The summed E-state index contributed by atoms with van der Waals surface area (Å²) in [5, 5.41) is 0. The first-order chi connectivity index (χ1) is 11.8. The zero-order valence-electron chi connectivity index (χ0n) is 16.4. The van der Waals surface area contributed by atoms with E-state index in [1.165, 1.54) is 32.4 Å². The molecule has 2 saturated heterocycles. The summed E-state index contributed by atoms with van der Waals surface area (Å²) in [6, 6.07) is -0.390. The number of rotatable bonds is 5. The van der Waals surface area contributed by atoms with E-state index in [9.17, 15) is 9.59 Å². The Morgan fingerprint density at radius 2 is 1.76 bits per heavy atom. The summed E-state index contributed by atoms with van der Waals surface area (Å²) in [7, 11) is 0. The Morgan fingerprint density at radius 3 is 2.36 bits per heavy atom. The smallest absolute Gasteiger partial charge is 0.411 e. The van der Waals surface area contributed by atoms with Gasteiger partial charge < -0.3 is 14.5 Å². The second-order valence-electron chi connectivity index (χ2n) is 8.18. The number of carbonyl (C=O) groups excluding carboxylic acids is 2. The van der Waals surface area contributed by atoms with Gasteiger partial charge in [-0.1, -0.05) is 13.3 Å². The van der Waals surface area contributed by atoms with E-state index in [4.69, 9.17) is 4.74 Å². The number of carbonyl (C=O) groups is 2. The van der Waals surface area contributed by atoms with Crippen LogP contribution in [0.15, 0.2) is 0 Å². The van der Waals surface area contributed by atoms with Crippen LogP contribution >= 0.6 is 0 Å². The van der Waals surface area contributed by atoms with E-state index in [0.29, 0.717) is 19.5 Å². The van der Waals surface area contributed by atoms with Crippen molar-refractivity contribution in [2.45, 2.75) is 71.4 Å². The van der Waals surface area contributed by atoms with Crippen molar-refractivity contribution in [2.75, 3.05) is 39.3 Å². The SMILES string of the molecule is CCC1C(=O)N(CCCN2CCCCC2)CCN1C(=O)OC(C)(C)C. The van der Waals surface area contributed by atoms with Crippen LogP contribution in [-0.4, -0.2) is 77.6 Å². The molecule has 6 heteroatoms. The summed E-state index contributed by atoms with van der Waals surface area (Å²) in [5.74, 6) is 0.0678. The Labute approximate surface area is 152 Å². The molecule has 2 heterocycles. The highest BCUT2D eigenvalue weighted by Crippen LogP contribution is 2.19. The van der Waals surface area contributed by atoms with Gasteiger partial charge in [0.25, 0.3) is 0 Å². The van der Waals surface area contributed by atoms with Crippen LogP contribution in [0.25, 0.3) is 0 Å². The number of piperidine rings is 1. The summed E-state index contributed by atoms with van der Waals surface area (Å²) in [4.78, 5) is 31.2. The van der Waals surface area contributed by atoms with E-state index in [1.807, 2.05) is 32.6 Å². The van der Waals surface area contributed by atoms with Crippen LogP contribution in [-0.2, 0) is 9.53 Å². The fourth-order valence-corrected chi connectivity index (χ4v) is 3.66. The van der Waals surface area contributed by atoms with Crippen molar-refractivity contribution < 1.29 is 14.3 Å². The molecule has 0 saturated carbocycles. The maximum atomic E-state index is 12.8. The van der Waals surface area contributed by atoms with Crippen LogP contribution in [0.2, 0.25) is 0 Å². The molecule has 0 aromatic carbocycles. The standard InChI is InChI=1S/C19H35N3O3/c1-5-16-17(23)21(13-9-12-20-10-7-6-8-11-20)14-15-22(16)18(24)25-19(2,3)4/h16H,5-15H2,1-4H3. The molecule has 0 aromatic rings. The molecule has 0 aromatic heterocycles. The maximum absolute atomic E-state index is 12.8. The molecule has 0 radical (unpaired) electrons. The molecule has 1 unspecified atom stereocenters. The largest absolute Gasteiger partial charge is 0.444 e. The van der Waals surface area contributed by atoms with Crippen molar-refractivity contribution in [3.05, 3.63) is 0 Å². The summed E-state index contributed by atoms with van der Waals surface area (Å²) >= 11 is 0. The second-order valence-corrected chi connectivity index (χ2v) is 8.18. The molecule has 0 bridgehead atoms. The quantitative estimate of drug-likeness (QED) is 0.763. The highest BCUT2D eigenvalue weighted by atomic mass is 16.6. The van der Waals surface area contributed by atoms with Gasteiger partial charge in [0.15, 0.2) is 0 Å². The van der Waals surface area contributed by atoms with Crippen LogP contribution in [0, 0.1) is 0 Å². The van der Waals surface area contributed by atoms with Crippen molar-refractivity contribution in [1.29, 1.82) is 0 Å². The Bertz CT molecular complexity index is 455. The van der Waals surface area contributed by atoms with E-state index in [2.05, 4.69) is 4.90 Å². The predicted octanol–water partition coefficient (Wildman–Crippen LogP) is 2.72. The van der Waals surface area contributed by atoms with E-state index >= 15 is 0 Å². The summed E-state index contributed by atoms with van der Waals surface area (Å²) in [6.45, 7) is 12.9.